The zero-order valence-corrected chi connectivity index (χ0v) is 11.5. The number of aromatic nitrogens is 1. The van der Waals surface area contributed by atoms with Crippen molar-refractivity contribution in [3.63, 3.8) is 0 Å². The molecule has 1 unspecified atom stereocenters. The van der Waals surface area contributed by atoms with Gasteiger partial charge in [0.1, 0.15) is 11.5 Å². The van der Waals surface area contributed by atoms with Crippen LogP contribution in [0.25, 0.3) is 0 Å². The Balaban J connectivity index is 2.14. The Morgan fingerprint density at radius 1 is 1.41 bits per heavy atom. The zero-order valence-electron chi connectivity index (χ0n) is 11.5. The van der Waals surface area contributed by atoms with Gasteiger partial charge in [-0.2, -0.15) is 0 Å². The summed E-state index contributed by atoms with van der Waals surface area (Å²) in [5, 5.41) is 7.55. The van der Waals surface area contributed by atoms with Crippen molar-refractivity contribution in [2.24, 2.45) is 11.3 Å². The molecule has 1 aromatic heterocycles. The third-order valence-electron chi connectivity index (χ3n) is 3.89. The standard InChI is InChI=1S/C14H24N2O/c1-5-15-9-12-11-8-10(14(2,3)4)6-7-13(11)17-16-12/h10,15H,5-9H2,1-4H3. The van der Waals surface area contributed by atoms with E-state index in [9.17, 15) is 0 Å². The number of nitrogens with zero attached hydrogens (tertiary/aromatic N) is 1. The van der Waals surface area contributed by atoms with Crippen molar-refractivity contribution in [3.05, 3.63) is 17.0 Å². The molecule has 2 rings (SSSR count). The molecule has 17 heavy (non-hydrogen) atoms. The molecule has 0 fully saturated rings. The molecule has 3 heteroatoms. The maximum atomic E-state index is 5.46. The highest BCUT2D eigenvalue weighted by atomic mass is 16.5. The Morgan fingerprint density at radius 2 is 2.18 bits per heavy atom. The van der Waals surface area contributed by atoms with E-state index in [1.165, 1.54) is 12.0 Å². The fraction of sp³-hybridized carbons (Fsp3) is 0.786. The summed E-state index contributed by atoms with van der Waals surface area (Å²) in [7, 11) is 0. The van der Waals surface area contributed by atoms with E-state index in [1.807, 2.05) is 0 Å². The van der Waals surface area contributed by atoms with Crippen LogP contribution in [-0.2, 0) is 19.4 Å². The van der Waals surface area contributed by atoms with Gasteiger partial charge in [0, 0.05) is 18.5 Å². The summed E-state index contributed by atoms with van der Waals surface area (Å²) in [4.78, 5) is 0. The highest BCUT2D eigenvalue weighted by molar-refractivity contribution is 5.26. The third-order valence-corrected chi connectivity index (χ3v) is 3.89. The monoisotopic (exact) mass is 236 g/mol. The predicted octanol–water partition coefficient (Wildman–Crippen LogP) is 2.94. The smallest absolute Gasteiger partial charge is 0.140 e. The molecule has 3 nitrogen and oxygen atoms in total. The second kappa shape index (κ2) is 4.81. The van der Waals surface area contributed by atoms with Crippen LogP contribution in [0.1, 0.15) is 51.1 Å². The van der Waals surface area contributed by atoms with E-state index < -0.39 is 0 Å². The Bertz CT molecular complexity index is 376. The molecule has 0 aliphatic heterocycles. The zero-order chi connectivity index (χ0) is 12.5. The highest BCUT2D eigenvalue weighted by Gasteiger charge is 2.32. The van der Waals surface area contributed by atoms with Crippen LogP contribution < -0.4 is 5.32 Å². The minimum atomic E-state index is 0.379. The van der Waals surface area contributed by atoms with E-state index >= 15 is 0 Å². The molecule has 1 N–H and O–H groups in total. The molecule has 0 spiro atoms. The second-order valence-corrected chi connectivity index (χ2v) is 6.12. The summed E-state index contributed by atoms with van der Waals surface area (Å²) < 4.78 is 5.46. The molecule has 0 saturated carbocycles. The van der Waals surface area contributed by atoms with Gasteiger partial charge in [-0.3, -0.25) is 0 Å². The molecule has 1 aliphatic rings. The van der Waals surface area contributed by atoms with Crippen molar-refractivity contribution in [3.8, 4) is 0 Å². The summed E-state index contributed by atoms with van der Waals surface area (Å²) >= 11 is 0. The molecule has 1 heterocycles. The lowest BCUT2D eigenvalue weighted by atomic mass is 9.71. The first-order valence-corrected chi connectivity index (χ1v) is 6.69. The van der Waals surface area contributed by atoms with E-state index in [4.69, 9.17) is 4.52 Å². The average Bonchev–Trinajstić information content (AvgIpc) is 2.67. The van der Waals surface area contributed by atoms with Gasteiger partial charge in [0.15, 0.2) is 0 Å². The van der Waals surface area contributed by atoms with E-state index in [-0.39, 0.29) is 0 Å². The Hall–Kier alpha value is -0.830. The largest absolute Gasteiger partial charge is 0.361 e. The number of fused-ring (bicyclic) bond motifs is 1. The normalized spacial score (nSPS) is 20.4. The maximum absolute atomic E-state index is 5.46. The van der Waals surface area contributed by atoms with Gasteiger partial charge in [0.05, 0.1) is 0 Å². The highest BCUT2D eigenvalue weighted by Crippen LogP contribution is 2.38. The van der Waals surface area contributed by atoms with Crippen molar-refractivity contribution in [1.82, 2.24) is 10.5 Å². The van der Waals surface area contributed by atoms with Gasteiger partial charge >= 0.3 is 0 Å². The van der Waals surface area contributed by atoms with Crippen LogP contribution in [0.3, 0.4) is 0 Å². The van der Waals surface area contributed by atoms with Gasteiger partial charge in [0.2, 0.25) is 0 Å². The minimum Gasteiger partial charge on any atom is -0.361 e. The SMILES string of the molecule is CCNCc1noc2c1CC(C(C)(C)C)CC2. The van der Waals surface area contributed by atoms with Crippen LogP contribution in [0.5, 0.6) is 0 Å². The first kappa shape index (κ1) is 12.6. The Kier molecular flexibility index (Phi) is 3.57. The number of hydrogen-bond donors (Lipinski definition) is 1. The van der Waals surface area contributed by atoms with E-state index in [0.29, 0.717) is 5.41 Å². The van der Waals surface area contributed by atoms with Gasteiger partial charge in [-0.1, -0.05) is 32.9 Å². The number of hydrogen-bond acceptors (Lipinski definition) is 3. The fourth-order valence-corrected chi connectivity index (χ4v) is 2.58. The number of aryl methyl sites for hydroxylation is 1. The molecule has 0 bridgehead atoms. The van der Waals surface area contributed by atoms with E-state index in [0.717, 1.165) is 43.3 Å². The van der Waals surface area contributed by atoms with Gasteiger partial charge in [0.25, 0.3) is 0 Å². The van der Waals surface area contributed by atoms with E-state index in [1.54, 1.807) is 0 Å². The predicted molar refractivity (Wildman–Crippen MR) is 68.9 cm³/mol. The van der Waals surface area contributed by atoms with Crippen LogP contribution in [-0.4, -0.2) is 11.7 Å². The molecule has 0 amide bonds. The maximum Gasteiger partial charge on any atom is 0.140 e. The topological polar surface area (TPSA) is 38.1 Å². The molecular weight excluding hydrogens is 212 g/mol. The third kappa shape index (κ3) is 2.71. The second-order valence-electron chi connectivity index (χ2n) is 6.12. The first-order valence-electron chi connectivity index (χ1n) is 6.69. The lowest BCUT2D eigenvalue weighted by Crippen LogP contribution is -2.27. The summed E-state index contributed by atoms with van der Waals surface area (Å²) in [5.74, 6) is 1.87. The number of nitrogens with one attached hydrogen (secondary N) is 1. The lowest BCUT2D eigenvalue weighted by molar-refractivity contribution is 0.206. The summed E-state index contributed by atoms with van der Waals surface area (Å²) in [6, 6.07) is 0. The van der Waals surface area contributed by atoms with Gasteiger partial charge in [-0.05, 0) is 30.7 Å². The molecule has 0 saturated heterocycles. The fourth-order valence-electron chi connectivity index (χ4n) is 2.58. The number of rotatable bonds is 3. The summed E-state index contributed by atoms with van der Waals surface area (Å²) in [5.41, 5.74) is 2.87. The van der Waals surface area contributed by atoms with Crippen molar-refractivity contribution in [2.45, 2.75) is 53.5 Å². The van der Waals surface area contributed by atoms with Crippen LogP contribution >= 0.6 is 0 Å². The van der Waals surface area contributed by atoms with Crippen molar-refractivity contribution in [1.29, 1.82) is 0 Å². The van der Waals surface area contributed by atoms with Crippen LogP contribution in [0.4, 0.5) is 0 Å². The Morgan fingerprint density at radius 3 is 2.82 bits per heavy atom. The Labute approximate surface area is 104 Å². The first-order chi connectivity index (χ1) is 8.02. The quantitative estimate of drug-likeness (QED) is 0.877. The van der Waals surface area contributed by atoms with Crippen LogP contribution in [0.15, 0.2) is 4.52 Å². The lowest BCUT2D eigenvalue weighted by Gasteiger charge is -2.33. The molecule has 1 aromatic rings. The molecule has 0 radical (unpaired) electrons. The minimum absolute atomic E-state index is 0.379. The molecular formula is C14H24N2O. The molecule has 96 valence electrons. The average molecular weight is 236 g/mol. The van der Waals surface area contributed by atoms with Gasteiger partial charge in [-0.25, -0.2) is 0 Å². The molecule has 1 atom stereocenters. The molecule has 0 aromatic carbocycles. The van der Waals surface area contributed by atoms with E-state index in [2.05, 4.69) is 38.2 Å². The van der Waals surface area contributed by atoms with Crippen LogP contribution in [0, 0.1) is 11.3 Å². The van der Waals surface area contributed by atoms with Crippen molar-refractivity contribution >= 4 is 0 Å². The summed E-state index contributed by atoms with van der Waals surface area (Å²) in [6.45, 7) is 10.9. The summed E-state index contributed by atoms with van der Waals surface area (Å²) in [6.07, 6.45) is 3.41. The van der Waals surface area contributed by atoms with Crippen molar-refractivity contribution < 1.29 is 4.52 Å². The van der Waals surface area contributed by atoms with Crippen LogP contribution in [0.2, 0.25) is 0 Å². The van der Waals surface area contributed by atoms with Gasteiger partial charge < -0.3 is 9.84 Å². The van der Waals surface area contributed by atoms with Gasteiger partial charge in [-0.15, -0.1) is 0 Å². The molecule has 1 aliphatic carbocycles. The van der Waals surface area contributed by atoms with Crippen molar-refractivity contribution in [2.75, 3.05) is 6.54 Å².